The van der Waals surface area contributed by atoms with Gasteiger partial charge in [0, 0.05) is 24.0 Å². The van der Waals surface area contributed by atoms with Crippen molar-refractivity contribution in [3.63, 3.8) is 0 Å². The zero-order valence-corrected chi connectivity index (χ0v) is 12.2. The van der Waals surface area contributed by atoms with E-state index < -0.39 is 0 Å². The summed E-state index contributed by atoms with van der Waals surface area (Å²) in [7, 11) is 0. The second kappa shape index (κ2) is 6.85. The van der Waals surface area contributed by atoms with E-state index in [1.165, 1.54) is 12.1 Å². The second-order valence-electron chi connectivity index (χ2n) is 5.06. The lowest BCUT2D eigenvalue weighted by Gasteiger charge is -2.11. The summed E-state index contributed by atoms with van der Waals surface area (Å²) in [6, 6.07) is 20.7. The minimum absolute atomic E-state index is 0.197. The number of rotatable bonds is 5. The number of nitrogens with zero attached hydrogens (tertiary/aromatic N) is 1. The van der Waals surface area contributed by atoms with Crippen molar-refractivity contribution in [2.24, 2.45) is 0 Å². The van der Waals surface area contributed by atoms with E-state index in [4.69, 9.17) is 0 Å². The molecule has 0 saturated carbocycles. The van der Waals surface area contributed by atoms with Gasteiger partial charge in [-0.15, -0.1) is 0 Å². The van der Waals surface area contributed by atoms with E-state index in [0.717, 1.165) is 35.5 Å². The van der Waals surface area contributed by atoms with Crippen LogP contribution in [0.2, 0.25) is 0 Å². The molecule has 22 heavy (non-hydrogen) atoms. The number of benzene rings is 2. The van der Waals surface area contributed by atoms with Crippen molar-refractivity contribution in [1.82, 2.24) is 4.98 Å². The third-order valence-electron chi connectivity index (χ3n) is 3.51. The van der Waals surface area contributed by atoms with Crippen LogP contribution in [0.4, 0.5) is 10.1 Å². The van der Waals surface area contributed by atoms with Crippen LogP contribution < -0.4 is 5.32 Å². The van der Waals surface area contributed by atoms with Crippen LogP contribution >= 0.6 is 0 Å². The molecule has 110 valence electrons. The molecule has 1 N–H and O–H groups in total. The first kappa shape index (κ1) is 14.3. The van der Waals surface area contributed by atoms with Gasteiger partial charge in [-0.2, -0.15) is 0 Å². The number of halogens is 1. The zero-order valence-electron chi connectivity index (χ0n) is 12.2. The predicted octanol–water partition coefficient (Wildman–Crippen LogP) is 4.54. The van der Waals surface area contributed by atoms with Crippen molar-refractivity contribution in [3.8, 4) is 11.3 Å². The minimum atomic E-state index is -0.197. The summed E-state index contributed by atoms with van der Waals surface area (Å²) in [5.74, 6) is -0.197. The molecule has 0 radical (unpaired) electrons. The molecule has 0 spiro atoms. The molecule has 0 bridgehead atoms. The van der Waals surface area contributed by atoms with Crippen molar-refractivity contribution in [1.29, 1.82) is 0 Å². The summed E-state index contributed by atoms with van der Waals surface area (Å²) in [6.07, 6.45) is 2.64. The van der Waals surface area contributed by atoms with E-state index in [1.54, 1.807) is 6.20 Å². The van der Waals surface area contributed by atoms with E-state index in [9.17, 15) is 4.39 Å². The van der Waals surface area contributed by atoms with Gasteiger partial charge in [0.15, 0.2) is 0 Å². The summed E-state index contributed by atoms with van der Waals surface area (Å²) in [4.78, 5) is 4.40. The van der Waals surface area contributed by atoms with E-state index in [-0.39, 0.29) is 5.82 Å². The number of para-hydroxylation sites is 1. The molecule has 0 aliphatic carbocycles. The van der Waals surface area contributed by atoms with Gasteiger partial charge in [0.05, 0.1) is 5.69 Å². The maximum Gasteiger partial charge on any atom is 0.123 e. The van der Waals surface area contributed by atoms with Crippen LogP contribution in [0.5, 0.6) is 0 Å². The van der Waals surface area contributed by atoms with E-state index >= 15 is 0 Å². The quantitative estimate of drug-likeness (QED) is 0.746. The van der Waals surface area contributed by atoms with E-state index in [2.05, 4.69) is 22.4 Å². The van der Waals surface area contributed by atoms with Gasteiger partial charge in [-0.25, -0.2) is 4.39 Å². The molecule has 3 rings (SSSR count). The molecule has 0 atom stereocenters. The Balaban J connectivity index is 1.69. The number of hydrogen-bond donors (Lipinski definition) is 1. The van der Waals surface area contributed by atoms with Gasteiger partial charge in [-0.3, -0.25) is 4.98 Å². The highest BCUT2D eigenvalue weighted by atomic mass is 19.1. The highest BCUT2D eigenvalue weighted by molar-refractivity contribution is 5.75. The molecule has 0 aliphatic rings. The SMILES string of the molecule is Fc1ccc(CCNc2ccccc2-c2ccccn2)cc1. The fraction of sp³-hybridized carbons (Fsp3) is 0.105. The van der Waals surface area contributed by atoms with Gasteiger partial charge in [-0.1, -0.05) is 36.4 Å². The maximum absolute atomic E-state index is 12.9. The van der Waals surface area contributed by atoms with Crippen LogP contribution in [-0.2, 0) is 6.42 Å². The average molecular weight is 292 g/mol. The normalized spacial score (nSPS) is 10.4. The summed E-state index contributed by atoms with van der Waals surface area (Å²) in [6.45, 7) is 0.787. The Kier molecular flexibility index (Phi) is 4.44. The van der Waals surface area contributed by atoms with Gasteiger partial charge in [-0.05, 0) is 42.3 Å². The topological polar surface area (TPSA) is 24.9 Å². The highest BCUT2D eigenvalue weighted by Crippen LogP contribution is 2.25. The number of pyridine rings is 1. The maximum atomic E-state index is 12.9. The van der Waals surface area contributed by atoms with Gasteiger partial charge in [0.2, 0.25) is 0 Å². The average Bonchev–Trinajstić information content (AvgIpc) is 2.58. The second-order valence-corrected chi connectivity index (χ2v) is 5.06. The highest BCUT2D eigenvalue weighted by Gasteiger charge is 2.04. The first-order chi connectivity index (χ1) is 10.8. The third-order valence-corrected chi connectivity index (χ3v) is 3.51. The van der Waals surface area contributed by atoms with Crippen molar-refractivity contribution < 1.29 is 4.39 Å². The van der Waals surface area contributed by atoms with Crippen molar-refractivity contribution >= 4 is 5.69 Å². The Morgan fingerprint density at radius 2 is 1.64 bits per heavy atom. The summed E-state index contributed by atoms with van der Waals surface area (Å²) in [5, 5.41) is 3.44. The molecule has 0 aliphatic heterocycles. The van der Waals surface area contributed by atoms with Gasteiger partial charge in [0.25, 0.3) is 0 Å². The molecule has 2 aromatic carbocycles. The Bertz CT molecular complexity index is 724. The number of anilines is 1. The molecule has 3 aromatic rings. The summed E-state index contributed by atoms with van der Waals surface area (Å²) < 4.78 is 12.9. The molecular formula is C19H17FN2. The van der Waals surface area contributed by atoms with Gasteiger partial charge >= 0.3 is 0 Å². The fourth-order valence-electron chi connectivity index (χ4n) is 2.38. The van der Waals surface area contributed by atoms with Crippen molar-refractivity contribution in [3.05, 3.63) is 84.3 Å². The van der Waals surface area contributed by atoms with Crippen LogP contribution in [0.1, 0.15) is 5.56 Å². The molecule has 0 amide bonds. The Morgan fingerprint density at radius 3 is 2.41 bits per heavy atom. The van der Waals surface area contributed by atoms with Crippen LogP contribution in [0.15, 0.2) is 72.9 Å². The van der Waals surface area contributed by atoms with Crippen LogP contribution in [0.25, 0.3) is 11.3 Å². The molecule has 1 aromatic heterocycles. The molecule has 3 heteroatoms. The molecule has 0 saturated heterocycles. The lowest BCUT2D eigenvalue weighted by Crippen LogP contribution is -2.06. The molecule has 0 fully saturated rings. The van der Waals surface area contributed by atoms with Crippen LogP contribution in [-0.4, -0.2) is 11.5 Å². The number of aromatic nitrogens is 1. The molecular weight excluding hydrogens is 275 g/mol. The summed E-state index contributed by atoms with van der Waals surface area (Å²) in [5.41, 5.74) is 4.21. The lowest BCUT2D eigenvalue weighted by atomic mass is 10.1. The summed E-state index contributed by atoms with van der Waals surface area (Å²) >= 11 is 0. The third kappa shape index (κ3) is 3.50. The Labute approximate surface area is 129 Å². The lowest BCUT2D eigenvalue weighted by molar-refractivity contribution is 0.627. The number of hydrogen-bond acceptors (Lipinski definition) is 2. The van der Waals surface area contributed by atoms with Crippen molar-refractivity contribution in [2.75, 3.05) is 11.9 Å². The fourth-order valence-corrected chi connectivity index (χ4v) is 2.38. The Hall–Kier alpha value is -2.68. The standard InChI is InChI=1S/C19H17FN2/c20-16-10-8-15(9-11-16)12-14-22-19-6-2-1-5-17(19)18-7-3-4-13-21-18/h1-11,13,22H,12,14H2. The van der Waals surface area contributed by atoms with Gasteiger partial charge in [0.1, 0.15) is 5.82 Å². The first-order valence-corrected chi connectivity index (χ1v) is 7.32. The predicted molar refractivity (Wildman–Crippen MR) is 88.3 cm³/mol. The van der Waals surface area contributed by atoms with Gasteiger partial charge < -0.3 is 5.32 Å². The smallest absolute Gasteiger partial charge is 0.123 e. The minimum Gasteiger partial charge on any atom is -0.384 e. The zero-order chi connectivity index (χ0) is 15.2. The van der Waals surface area contributed by atoms with Crippen LogP contribution in [0, 0.1) is 5.82 Å². The monoisotopic (exact) mass is 292 g/mol. The molecule has 2 nitrogen and oxygen atoms in total. The van der Waals surface area contributed by atoms with Crippen molar-refractivity contribution in [2.45, 2.75) is 6.42 Å². The largest absolute Gasteiger partial charge is 0.384 e. The molecule has 1 heterocycles. The Morgan fingerprint density at radius 1 is 0.864 bits per heavy atom. The first-order valence-electron chi connectivity index (χ1n) is 7.32. The molecule has 0 unspecified atom stereocenters. The number of nitrogens with one attached hydrogen (secondary N) is 1. The van der Waals surface area contributed by atoms with E-state index in [0.29, 0.717) is 0 Å². The van der Waals surface area contributed by atoms with Crippen LogP contribution in [0.3, 0.4) is 0 Å². The van der Waals surface area contributed by atoms with E-state index in [1.807, 2.05) is 42.5 Å².